The zero-order valence-corrected chi connectivity index (χ0v) is 13.1. The summed E-state index contributed by atoms with van der Waals surface area (Å²) in [5.41, 5.74) is 6.16. The van der Waals surface area contributed by atoms with Crippen molar-refractivity contribution in [3.05, 3.63) is 22.7 Å². The summed E-state index contributed by atoms with van der Waals surface area (Å²) in [4.78, 5) is 0.240. The minimum absolute atomic E-state index is 0.154. The van der Waals surface area contributed by atoms with E-state index in [4.69, 9.17) is 10.5 Å². The number of hydrogen-bond acceptors (Lipinski definition) is 4. The number of nitrogen functional groups attached to an aromatic ring is 1. The van der Waals surface area contributed by atoms with E-state index in [0.717, 1.165) is 12.8 Å². The smallest absolute Gasteiger partial charge is 0.243 e. The molecule has 106 valence electrons. The van der Waals surface area contributed by atoms with E-state index in [1.54, 1.807) is 19.2 Å². The average Bonchev–Trinajstić information content (AvgIpc) is 2.41. The summed E-state index contributed by atoms with van der Waals surface area (Å²) >= 11 is 3.26. The van der Waals surface area contributed by atoms with Crippen LogP contribution in [0.15, 0.2) is 27.6 Å². The highest BCUT2D eigenvalue weighted by molar-refractivity contribution is 9.10. The van der Waals surface area contributed by atoms with Crippen LogP contribution in [-0.4, -0.2) is 39.0 Å². The predicted octanol–water partition coefficient (Wildman–Crippen LogP) is 1.83. The molecular weight excluding hydrogens is 332 g/mol. The van der Waals surface area contributed by atoms with E-state index in [1.807, 2.05) is 0 Å². The number of piperidine rings is 1. The summed E-state index contributed by atoms with van der Waals surface area (Å²) in [7, 11) is -1.80. The first-order valence-corrected chi connectivity index (χ1v) is 8.26. The lowest BCUT2D eigenvalue weighted by molar-refractivity contribution is 0.0604. The molecule has 1 aromatic carbocycles. The summed E-state index contributed by atoms with van der Waals surface area (Å²) in [6.07, 6.45) is 1.60. The lowest BCUT2D eigenvalue weighted by Crippen LogP contribution is -2.40. The van der Waals surface area contributed by atoms with Crippen molar-refractivity contribution in [1.29, 1.82) is 0 Å². The molecule has 2 rings (SSSR count). The summed E-state index contributed by atoms with van der Waals surface area (Å²) in [5, 5.41) is 0. The Kier molecular flexibility index (Phi) is 4.50. The standard InChI is InChI=1S/C12H17BrN2O3S/c1-18-9-4-6-15(7-5-9)19(16,17)10-2-3-11(13)12(14)8-10/h2-3,8-9H,4-7,14H2,1H3. The largest absolute Gasteiger partial charge is 0.398 e. The molecule has 1 heterocycles. The number of nitrogens with zero attached hydrogens (tertiary/aromatic N) is 1. The number of ether oxygens (including phenoxy) is 1. The van der Waals surface area contributed by atoms with Crippen LogP contribution in [0.4, 0.5) is 5.69 Å². The lowest BCUT2D eigenvalue weighted by atomic mass is 10.1. The molecule has 0 bridgehead atoms. The molecule has 0 atom stereocenters. The third-order valence-electron chi connectivity index (χ3n) is 3.34. The molecule has 1 aromatic rings. The molecular formula is C12H17BrN2O3S. The minimum atomic E-state index is -3.46. The number of anilines is 1. The topological polar surface area (TPSA) is 72.6 Å². The lowest BCUT2D eigenvalue weighted by Gasteiger charge is -2.30. The fraction of sp³-hybridized carbons (Fsp3) is 0.500. The normalized spacial score (nSPS) is 18.6. The van der Waals surface area contributed by atoms with Crippen molar-refractivity contribution in [3.8, 4) is 0 Å². The molecule has 0 aliphatic carbocycles. The van der Waals surface area contributed by atoms with Gasteiger partial charge in [-0.2, -0.15) is 4.31 Å². The fourth-order valence-corrected chi connectivity index (χ4v) is 3.89. The van der Waals surface area contributed by atoms with E-state index in [-0.39, 0.29) is 11.0 Å². The van der Waals surface area contributed by atoms with Crippen LogP contribution in [0, 0.1) is 0 Å². The molecule has 1 aliphatic rings. The van der Waals surface area contributed by atoms with Gasteiger partial charge in [0.1, 0.15) is 0 Å². The van der Waals surface area contributed by atoms with Crippen molar-refractivity contribution in [2.45, 2.75) is 23.8 Å². The number of benzene rings is 1. The van der Waals surface area contributed by atoms with Gasteiger partial charge in [0, 0.05) is 30.4 Å². The minimum Gasteiger partial charge on any atom is -0.398 e. The summed E-state index contributed by atoms with van der Waals surface area (Å²) in [6, 6.07) is 4.71. The number of sulfonamides is 1. The molecule has 1 saturated heterocycles. The molecule has 0 unspecified atom stereocenters. The Morgan fingerprint density at radius 1 is 1.37 bits per heavy atom. The van der Waals surface area contributed by atoms with Gasteiger partial charge in [0.15, 0.2) is 0 Å². The Labute approximate surface area is 121 Å². The van der Waals surface area contributed by atoms with Crippen LogP contribution in [-0.2, 0) is 14.8 Å². The van der Waals surface area contributed by atoms with E-state index in [2.05, 4.69) is 15.9 Å². The molecule has 7 heteroatoms. The third-order valence-corrected chi connectivity index (χ3v) is 5.96. The molecule has 5 nitrogen and oxygen atoms in total. The van der Waals surface area contributed by atoms with E-state index in [9.17, 15) is 8.42 Å². The second-order valence-corrected chi connectivity index (χ2v) is 7.31. The van der Waals surface area contributed by atoms with Crippen LogP contribution < -0.4 is 5.73 Å². The second kappa shape index (κ2) is 5.78. The van der Waals surface area contributed by atoms with Gasteiger partial charge >= 0.3 is 0 Å². The Bertz CT molecular complexity index is 554. The van der Waals surface area contributed by atoms with Gasteiger partial charge in [-0.05, 0) is 47.0 Å². The fourth-order valence-electron chi connectivity index (χ4n) is 2.14. The van der Waals surface area contributed by atoms with Crippen LogP contribution in [0.5, 0.6) is 0 Å². The Morgan fingerprint density at radius 3 is 2.53 bits per heavy atom. The maximum Gasteiger partial charge on any atom is 0.243 e. The molecule has 19 heavy (non-hydrogen) atoms. The van der Waals surface area contributed by atoms with Crippen LogP contribution >= 0.6 is 15.9 Å². The quantitative estimate of drug-likeness (QED) is 0.845. The maximum absolute atomic E-state index is 12.5. The number of hydrogen-bond donors (Lipinski definition) is 1. The van der Waals surface area contributed by atoms with Gasteiger partial charge in [0.25, 0.3) is 0 Å². The predicted molar refractivity (Wildman–Crippen MR) is 77.3 cm³/mol. The Hall–Kier alpha value is -0.630. The SMILES string of the molecule is COC1CCN(S(=O)(=O)c2ccc(Br)c(N)c2)CC1. The Morgan fingerprint density at radius 2 is 2.00 bits per heavy atom. The highest BCUT2D eigenvalue weighted by Crippen LogP contribution is 2.26. The summed E-state index contributed by atoms with van der Waals surface area (Å²) in [5.74, 6) is 0. The molecule has 0 saturated carbocycles. The number of methoxy groups -OCH3 is 1. The molecule has 0 radical (unpaired) electrons. The maximum atomic E-state index is 12.5. The first-order valence-electron chi connectivity index (χ1n) is 6.03. The van der Waals surface area contributed by atoms with Gasteiger partial charge < -0.3 is 10.5 Å². The zero-order valence-electron chi connectivity index (χ0n) is 10.7. The molecule has 0 amide bonds. The van der Waals surface area contributed by atoms with E-state index in [0.29, 0.717) is 23.2 Å². The van der Waals surface area contributed by atoms with Gasteiger partial charge in [0.2, 0.25) is 10.0 Å². The van der Waals surface area contributed by atoms with Crippen LogP contribution in [0.1, 0.15) is 12.8 Å². The summed E-state index contributed by atoms with van der Waals surface area (Å²) < 4.78 is 32.4. The van der Waals surface area contributed by atoms with Gasteiger partial charge in [-0.25, -0.2) is 8.42 Å². The van der Waals surface area contributed by atoms with Crippen molar-refractivity contribution in [3.63, 3.8) is 0 Å². The van der Waals surface area contributed by atoms with Gasteiger partial charge in [-0.3, -0.25) is 0 Å². The molecule has 1 fully saturated rings. The van der Waals surface area contributed by atoms with Crippen molar-refractivity contribution in [2.75, 3.05) is 25.9 Å². The second-order valence-electron chi connectivity index (χ2n) is 4.52. The van der Waals surface area contributed by atoms with Crippen molar-refractivity contribution >= 4 is 31.6 Å². The average molecular weight is 349 g/mol. The van der Waals surface area contributed by atoms with Crippen molar-refractivity contribution < 1.29 is 13.2 Å². The highest BCUT2D eigenvalue weighted by atomic mass is 79.9. The molecule has 0 aromatic heterocycles. The Balaban J connectivity index is 2.21. The third kappa shape index (κ3) is 3.10. The van der Waals surface area contributed by atoms with Gasteiger partial charge in [0.05, 0.1) is 11.0 Å². The number of nitrogens with two attached hydrogens (primary N) is 1. The molecule has 1 aliphatic heterocycles. The number of rotatable bonds is 3. The molecule has 0 spiro atoms. The summed E-state index contributed by atoms with van der Waals surface area (Å²) in [6.45, 7) is 0.966. The van der Waals surface area contributed by atoms with Crippen molar-refractivity contribution in [2.24, 2.45) is 0 Å². The van der Waals surface area contributed by atoms with E-state index < -0.39 is 10.0 Å². The first-order chi connectivity index (χ1) is 8.95. The number of halogens is 1. The first kappa shape index (κ1) is 14.8. The van der Waals surface area contributed by atoms with Crippen LogP contribution in [0.3, 0.4) is 0 Å². The van der Waals surface area contributed by atoms with Gasteiger partial charge in [-0.1, -0.05) is 0 Å². The van der Waals surface area contributed by atoms with E-state index >= 15 is 0 Å². The molecule has 2 N–H and O–H groups in total. The van der Waals surface area contributed by atoms with E-state index in [1.165, 1.54) is 10.4 Å². The zero-order chi connectivity index (χ0) is 14.0. The highest BCUT2D eigenvalue weighted by Gasteiger charge is 2.29. The monoisotopic (exact) mass is 348 g/mol. The van der Waals surface area contributed by atoms with Gasteiger partial charge in [-0.15, -0.1) is 0 Å². The van der Waals surface area contributed by atoms with Crippen LogP contribution in [0.2, 0.25) is 0 Å². The van der Waals surface area contributed by atoms with Crippen LogP contribution in [0.25, 0.3) is 0 Å². The van der Waals surface area contributed by atoms with Crippen molar-refractivity contribution in [1.82, 2.24) is 4.31 Å².